The van der Waals surface area contributed by atoms with Crippen LogP contribution in [0.2, 0.25) is 0 Å². The fraction of sp³-hybridized carbons (Fsp3) is 0. The van der Waals surface area contributed by atoms with Crippen LogP contribution in [-0.4, -0.2) is 4.98 Å². The van der Waals surface area contributed by atoms with Gasteiger partial charge in [0.05, 0.1) is 0 Å². The second kappa shape index (κ2) is 4.50. The molecule has 18 heavy (non-hydrogen) atoms. The van der Waals surface area contributed by atoms with Gasteiger partial charge in [-0.2, -0.15) is 0 Å². The molecule has 1 heterocycles. The van der Waals surface area contributed by atoms with Crippen molar-refractivity contribution in [3.63, 3.8) is 0 Å². The van der Waals surface area contributed by atoms with Crippen molar-refractivity contribution in [2.45, 2.75) is 0 Å². The van der Waals surface area contributed by atoms with E-state index >= 15 is 0 Å². The minimum Gasteiger partial charge on any atom is -0.263 e. The van der Waals surface area contributed by atoms with Gasteiger partial charge in [-0.05, 0) is 50.6 Å². The van der Waals surface area contributed by atoms with Crippen LogP contribution < -0.4 is 0 Å². The molecule has 3 heteroatoms. The fourth-order valence-electron chi connectivity index (χ4n) is 1.99. The van der Waals surface area contributed by atoms with Gasteiger partial charge >= 0.3 is 0 Å². The molecule has 0 aliphatic heterocycles. The Morgan fingerprint density at radius 1 is 0.944 bits per heavy atom. The first-order valence-electron chi connectivity index (χ1n) is 5.53. The molecule has 0 aliphatic rings. The fourth-order valence-corrected chi connectivity index (χ4v) is 2.47. The third-order valence-electron chi connectivity index (χ3n) is 2.87. The van der Waals surface area contributed by atoms with Crippen molar-refractivity contribution < 1.29 is 4.39 Å². The van der Waals surface area contributed by atoms with Crippen LogP contribution in [0.5, 0.6) is 0 Å². The summed E-state index contributed by atoms with van der Waals surface area (Å²) in [5, 5.41) is 2.14. The maximum absolute atomic E-state index is 13.2. The molecule has 0 unspecified atom stereocenters. The standard InChI is InChI=1S/C15H9BrFN/c16-15-9-18-8-12-6-11(4-5-14(12)15)10-2-1-3-13(17)7-10/h1-9H. The first-order valence-corrected chi connectivity index (χ1v) is 6.32. The molecular weight excluding hydrogens is 293 g/mol. The molecule has 0 spiro atoms. The number of aromatic nitrogens is 1. The maximum Gasteiger partial charge on any atom is 0.123 e. The summed E-state index contributed by atoms with van der Waals surface area (Å²) in [6.07, 6.45) is 3.58. The van der Waals surface area contributed by atoms with Crippen LogP contribution in [0, 0.1) is 5.82 Å². The molecule has 3 rings (SSSR count). The summed E-state index contributed by atoms with van der Waals surface area (Å²) in [4.78, 5) is 4.14. The molecule has 0 radical (unpaired) electrons. The molecule has 3 aromatic rings. The van der Waals surface area contributed by atoms with Crippen molar-refractivity contribution in [3.8, 4) is 11.1 Å². The summed E-state index contributed by atoms with van der Waals surface area (Å²) in [6, 6.07) is 12.6. The molecular formula is C15H9BrFN. The number of hydrogen-bond donors (Lipinski definition) is 0. The third-order valence-corrected chi connectivity index (χ3v) is 3.50. The molecule has 0 N–H and O–H groups in total. The lowest BCUT2D eigenvalue weighted by molar-refractivity contribution is 0.628. The topological polar surface area (TPSA) is 12.9 Å². The average Bonchev–Trinajstić information content (AvgIpc) is 2.39. The number of halogens is 2. The first kappa shape index (κ1) is 11.4. The summed E-state index contributed by atoms with van der Waals surface area (Å²) < 4.78 is 14.2. The van der Waals surface area contributed by atoms with E-state index in [0.717, 1.165) is 26.4 Å². The van der Waals surface area contributed by atoms with E-state index < -0.39 is 0 Å². The molecule has 0 saturated carbocycles. The second-order valence-electron chi connectivity index (χ2n) is 4.07. The number of benzene rings is 2. The Balaban J connectivity index is 2.20. The minimum atomic E-state index is -0.222. The van der Waals surface area contributed by atoms with Gasteiger partial charge < -0.3 is 0 Å². The highest BCUT2D eigenvalue weighted by Gasteiger charge is 2.03. The van der Waals surface area contributed by atoms with Crippen molar-refractivity contribution in [3.05, 3.63) is 65.1 Å². The number of fused-ring (bicyclic) bond motifs is 1. The molecule has 1 aromatic heterocycles. The monoisotopic (exact) mass is 301 g/mol. The Morgan fingerprint density at radius 3 is 2.61 bits per heavy atom. The predicted octanol–water partition coefficient (Wildman–Crippen LogP) is 4.80. The van der Waals surface area contributed by atoms with Crippen molar-refractivity contribution in [2.75, 3.05) is 0 Å². The Hall–Kier alpha value is -1.74. The van der Waals surface area contributed by atoms with Crippen LogP contribution >= 0.6 is 15.9 Å². The lowest BCUT2D eigenvalue weighted by Crippen LogP contribution is -1.82. The normalized spacial score (nSPS) is 10.8. The van der Waals surface area contributed by atoms with Gasteiger partial charge in [0.15, 0.2) is 0 Å². The van der Waals surface area contributed by atoms with Crippen molar-refractivity contribution >= 4 is 26.7 Å². The molecule has 0 atom stereocenters. The lowest BCUT2D eigenvalue weighted by atomic mass is 10.0. The number of hydrogen-bond acceptors (Lipinski definition) is 1. The summed E-state index contributed by atoms with van der Waals surface area (Å²) in [6.45, 7) is 0. The molecule has 0 aliphatic carbocycles. The smallest absolute Gasteiger partial charge is 0.123 e. The Kier molecular flexibility index (Phi) is 2.84. The number of rotatable bonds is 1. The highest BCUT2D eigenvalue weighted by atomic mass is 79.9. The quantitative estimate of drug-likeness (QED) is 0.629. The summed E-state index contributed by atoms with van der Waals surface area (Å²) in [5.41, 5.74) is 1.86. The summed E-state index contributed by atoms with van der Waals surface area (Å²) in [5.74, 6) is -0.222. The highest BCUT2D eigenvalue weighted by Crippen LogP contribution is 2.28. The largest absolute Gasteiger partial charge is 0.263 e. The number of pyridine rings is 1. The minimum absolute atomic E-state index is 0.222. The molecule has 88 valence electrons. The van der Waals surface area contributed by atoms with E-state index in [1.807, 2.05) is 30.5 Å². The van der Waals surface area contributed by atoms with Gasteiger partial charge in [-0.1, -0.05) is 24.3 Å². The molecule has 2 aromatic carbocycles. The Labute approximate surface area is 112 Å². The van der Waals surface area contributed by atoms with Crippen LogP contribution in [0.3, 0.4) is 0 Å². The van der Waals surface area contributed by atoms with E-state index in [1.165, 1.54) is 12.1 Å². The lowest BCUT2D eigenvalue weighted by Gasteiger charge is -2.05. The van der Waals surface area contributed by atoms with E-state index in [9.17, 15) is 4.39 Å². The SMILES string of the molecule is Fc1cccc(-c2ccc3c(Br)cncc3c2)c1. The highest BCUT2D eigenvalue weighted by molar-refractivity contribution is 9.10. The van der Waals surface area contributed by atoms with Gasteiger partial charge in [0, 0.05) is 22.3 Å². The van der Waals surface area contributed by atoms with Crippen LogP contribution in [0.25, 0.3) is 21.9 Å². The van der Waals surface area contributed by atoms with Crippen LogP contribution in [0.4, 0.5) is 4.39 Å². The van der Waals surface area contributed by atoms with E-state index in [-0.39, 0.29) is 5.82 Å². The van der Waals surface area contributed by atoms with Gasteiger partial charge in [-0.3, -0.25) is 4.98 Å². The second-order valence-corrected chi connectivity index (χ2v) is 4.92. The van der Waals surface area contributed by atoms with E-state index in [2.05, 4.69) is 20.9 Å². The van der Waals surface area contributed by atoms with E-state index in [4.69, 9.17) is 0 Å². The molecule has 0 fully saturated rings. The summed E-state index contributed by atoms with van der Waals surface area (Å²) in [7, 11) is 0. The zero-order valence-corrected chi connectivity index (χ0v) is 11.0. The van der Waals surface area contributed by atoms with Gasteiger partial charge in [0.25, 0.3) is 0 Å². The Morgan fingerprint density at radius 2 is 1.78 bits per heavy atom. The van der Waals surface area contributed by atoms with Gasteiger partial charge in [-0.15, -0.1) is 0 Å². The van der Waals surface area contributed by atoms with Crippen molar-refractivity contribution in [2.24, 2.45) is 0 Å². The maximum atomic E-state index is 13.2. The van der Waals surface area contributed by atoms with E-state index in [1.54, 1.807) is 12.3 Å². The van der Waals surface area contributed by atoms with Crippen LogP contribution in [0.15, 0.2) is 59.3 Å². The van der Waals surface area contributed by atoms with Gasteiger partial charge in [0.2, 0.25) is 0 Å². The van der Waals surface area contributed by atoms with Crippen LogP contribution in [0.1, 0.15) is 0 Å². The van der Waals surface area contributed by atoms with Gasteiger partial charge in [-0.25, -0.2) is 4.39 Å². The van der Waals surface area contributed by atoms with Crippen LogP contribution in [-0.2, 0) is 0 Å². The number of nitrogens with zero attached hydrogens (tertiary/aromatic N) is 1. The van der Waals surface area contributed by atoms with E-state index in [0.29, 0.717) is 0 Å². The zero-order chi connectivity index (χ0) is 12.5. The van der Waals surface area contributed by atoms with Gasteiger partial charge in [0.1, 0.15) is 5.82 Å². The third kappa shape index (κ3) is 2.02. The van der Waals surface area contributed by atoms with Crippen molar-refractivity contribution in [1.82, 2.24) is 4.98 Å². The van der Waals surface area contributed by atoms with Crippen molar-refractivity contribution in [1.29, 1.82) is 0 Å². The zero-order valence-electron chi connectivity index (χ0n) is 9.40. The Bertz CT molecular complexity index is 725. The average molecular weight is 302 g/mol. The molecule has 0 bridgehead atoms. The summed E-state index contributed by atoms with van der Waals surface area (Å²) >= 11 is 3.47. The predicted molar refractivity (Wildman–Crippen MR) is 74.8 cm³/mol. The first-order chi connectivity index (χ1) is 8.74. The molecule has 1 nitrogen and oxygen atoms in total. The molecule has 0 amide bonds. The molecule has 0 saturated heterocycles.